The second kappa shape index (κ2) is 8.10. The fourth-order valence-corrected chi connectivity index (χ4v) is 3.44. The van der Waals surface area contributed by atoms with Crippen molar-refractivity contribution in [2.75, 3.05) is 13.2 Å². The quantitative estimate of drug-likeness (QED) is 0.645. The average Bonchev–Trinajstić information content (AvgIpc) is 2.89. The second-order valence-corrected chi connectivity index (χ2v) is 7.11. The van der Waals surface area contributed by atoms with Crippen LogP contribution in [0, 0.1) is 6.92 Å². The molecule has 3 rings (SSSR count). The molecule has 4 nitrogen and oxygen atoms in total. The molecular weight excluding hydrogens is 391 g/mol. The number of rotatable bonds is 5. The Balaban J connectivity index is 1.63. The number of carbonyl (C=O) groups is 2. The van der Waals surface area contributed by atoms with E-state index in [1.807, 2.05) is 25.1 Å². The lowest BCUT2D eigenvalue weighted by atomic mass is 10.1. The summed E-state index contributed by atoms with van der Waals surface area (Å²) in [6.07, 6.45) is -3.01. The van der Waals surface area contributed by atoms with E-state index in [-0.39, 0.29) is 18.1 Å². The van der Waals surface area contributed by atoms with E-state index < -0.39 is 22.9 Å². The number of amides is 2. The molecule has 146 valence electrons. The van der Waals surface area contributed by atoms with Gasteiger partial charge in [-0.3, -0.25) is 14.5 Å². The monoisotopic (exact) mass is 407 g/mol. The van der Waals surface area contributed by atoms with E-state index in [2.05, 4.69) is 0 Å². The van der Waals surface area contributed by atoms with E-state index in [0.29, 0.717) is 11.3 Å². The van der Waals surface area contributed by atoms with Gasteiger partial charge in [-0.25, -0.2) is 0 Å². The zero-order chi connectivity index (χ0) is 20.3. The SMILES string of the molecule is Cc1cccc(OCCN2C(=O)S/C(=C\c3ccc(C(F)(F)F)cc3)C2=O)c1. The molecule has 0 bridgehead atoms. The van der Waals surface area contributed by atoms with Crippen molar-refractivity contribution in [1.82, 2.24) is 4.90 Å². The maximum absolute atomic E-state index is 12.6. The van der Waals surface area contributed by atoms with Crippen molar-refractivity contribution in [3.8, 4) is 5.75 Å². The Morgan fingerprint density at radius 2 is 1.82 bits per heavy atom. The van der Waals surface area contributed by atoms with Gasteiger partial charge < -0.3 is 4.74 Å². The van der Waals surface area contributed by atoms with Crippen molar-refractivity contribution in [3.63, 3.8) is 0 Å². The second-order valence-electron chi connectivity index (χ2n) is 6.12. The summed E-state index contributed by atoms with van der Waals surface area (Å²) in [5.74, 6) is 0.162. The largest absolute Gasteiger partial charge is 0.492 e. The van der Waals surface area contributed by atoms with E-state index in [1.54, 1.807) is 6.07 Å². The Morgan fingerprint density at radius 3 is 2.46 bits per heavy atom. The van der Waals surface area contributed by atoms with Crippen molar-refractivity contribution in [1.29, 1.82) is 0 Å². The predicted molar refractivity (Wildman–Crippen MR) is 101 cm³/mol. The highest BCUT2D eigenvalue weighted by molar-refractivity contribution is 8.18. The summed E-state index contributed by atoms with van der Waals surface area (Å²) in [6.45, 7) is 2.16. The van der Waals surface area contributed by atoms with Crippen molar-refractivity contribution in [3.05, 3.63) is 70.1 Å². The molecule has 0 radical (unpaired) electrons. The Labute approximate surface area is 164 Å². The fraction of sp³-hybridized carbons (Fsp3) is 0.200. The van der Waals surface area contributed by atoms with Gasteiger partial charge in [-0.05, 0) is 60.2 Å². The van der Waals surface area contributed by atoms with Gasteiger partial charge in [-0.1, -0.05) is 24.3 Å². The normalized spacial score (nSPS) is 16.1. The summed E-state index contributed by atoms with van der Waals surface area (Å²) in [5.41, 5.74) is 0.670. The minimum atomic E-state index is -4.42. The molecule has 2 aromatic carbocycles. The van der Waals surface area contributed by atoms with E-state index in [4.69, 9.17) is 4.74 Å². The third-order valence-corrected chi connectivity index (χ3v) is 4.89. The number of benzene rings is 2. The summed E-state index contributed by atoms with van der Waals surface area (Å²) >= 11 is 0.756. The highest BCUT2D eigenvalue weighted by atomic mass is 32.2. The Bertz CT molecular complexity index is 923. The molecule has 0 N–H and O–H groups in total. The Kier molecular flexibility index (Phi) is 5.79. The third-order valence-electron chi connectivity index (χ3n) is 3.98. The van der Waals surface area contributed by atoms with Crippen LogP contribution in [-0.4, -0.2) is 29.2 Å². The number of carbonyl (C=O) groups excluding carboxylic acids is 2. The third kappa shape index (κ3) is 4.75. The minimum absolute atomic E-state index is 0.0863. The standard InChI is InChI=1S/C20H16F3NO3S/c1-13-3-2-4-16(11-13)27-10-9-24-18(25)17(28-19(24)26)12-14-5-7-15(8-6-14)20(21,22)23/h2-8,11-12H,9-10H2,1H3/b17-12-. The van der Waals surface area contributed by atoms with E-state index >= 15 is 0 Å². The first-order valence-corrected chi connectivity index (χ1v) is 9.18. The molecule has 0 spiro atoms. The lowest BCUT2D eigenvalue weighted by Gasteiger charge is -2.13. The maximum atomic E-state index is 12.6. The van der Waals surface area contributed by atoms with Crippen molar-refractivity contribution >= 4 is 29.0 Å². The van der Waals surface area contributed by atoms with Crippen LogP contribution in [-0.2, 0) is 11.0 Å². The van der Waals surface area contributed by atoms with Crippen LogP contribution >= 0.6 is 11.8 Å². The Hall–Kier alpha value is -2.74. The number of hydrogen-bond acceptors (Lipinski definition) is 4. The molecule has 0 aromatic heterocycles. The molecule has 2 aromatic rings. The van der Waals surface area contributed by atoms with Crippen LogP contribution in [0.2, 0.25) is 0 Å². The molecule has 8 heteroatoms. The lowest BCUT2D eigenvalue weighted by Crippen LogP contribution is -2.32. The lowest BCUT2D eigenvalue weighted by molar-refractivity contribution is -0.137. The predicted octanol–water partition coefficient (Wildman–Crippen LogP) is 5.13. The number of imide groups is 1. The molecule has 1 fully saturated rings. The van der Waals surface area contributed by atoms with Crippen LogP contribution < -0.4 is 4.74 Å². The molecule has 0 aliphatic carbocycles. The number of aryl methyl sites for hydroxylation is 1. The highest BCUT2D eigenvalue weighted by Crippen LogP contribution is 2.33. The number of alkyl halides is 3. The van der Waals surface area contributed by atoms with Gasteiger partial charge in [0.1, 0.15) is 12.4 Å². The van der Waals surface area contributed by atoms with Gasteiger partial charge in [0, 0.05) is 0 Å². The molecule has 0 saturated carbocycles. The Morgan fingerprint density at radius 1 is 1.11 bits per heavy atom. The first-order chi connectivity index (χ1) is 13.2. The summed E-state index contributed by atoms with van der Waals surface area (Å²) in [7, 11) is 0. The molecule has 1 heterocycles. The highest BCUT2D eigenvalue weighted by Gasteiger charge is 2.35. The van der Waals surface area contributed by atoms with Gasteiger partial charge in [-0.15, -0.1) is 0 Å². The number of hydrogen-bond donors (Lipinski definition) is 0. The molecular formula is C20H16F3NO3S. The van der Waals surface area contributed by atoms with Gasteiger partial charge in [0.15, 0.2) is 0 Å². The number of thioether (sulfide) groups is 1. The molecule has 1 aliphatic heterocycles. The summed E-state index contributed by atoms with van der Waals surface area (Å²) in [5, 5.41) is -0.434. The summed E-state index contributed by atoms with van der Waals surface area (Å²) in [4.78, 5) is 25.7. The first-order valence-electron chi connectivity index (χ1n) is 8.36. The smallest absolute Gasteiger partial charge is 0.416 e. The topological polar surface area (TPSA) is 46.6 Å². The summed E-state index contributed by atoms with van der Waals surface area (Å²) in [6, 6.07) is 11.8. The number of halogens is 3. The van der Waals surface area contributed by atoms with Crippen LogP contribution in [0.1, 0.15) is 16.7 Å². The molecule has 2 amide bonds. The van der Waals surface area contributed by atoms with Crippen LogP contribution in [0.15, 0.2) is 53.4 Å². The number of nitrogens with zero attached hydrogens (tertiary/aromatic N) is 1. The zero-order valence-corrected chi connectivity index (χ0v) is 15.6. The van der Waals surface area contributed by atoms with Crippen LogP contribution in [0.5, 0.6) is 5.75 Å². The fourth-order valence-electron chi connectivity index (χ4n) is 2.57. The van der Waals surface area contributed by atoms with E-state index in [9.17, 15) is 22.8 Å². The van der Waals surface area contributed by atoms with Crippen molar-refractivity contribution in [2.45, 2.75) is 13.1 Å². The first kappa shape index (κ1) is 20.0. The van der Waals surface area contributed by atoms with Crippen LogP contribution in [0.4, 0.5) is 18.0 Å². The van der Waals surface area contributed by atoms with E-state index in [0.717, 1.165) is 34.4 Å². The van der Waals surface area contributed by atoms with Crippen molar-refractivity contribution < 1.29 is 27.5 Å². The van der Waals surface area contributed by atoms with Gasteiger partial charge in [-0.2, -0.15) is 13.2 Å². The molecule has 28 heavy (non-hydrogen) atoms. The minimum Gasteiger partial charge on any atom is -0.492 e. The number of ether oxygens (including phenoxy) is 1. The molecule has 1 aliphatic rings. The average molecular weight is 407 g/mol. The van der Waals surface area contributed by atoms with Gasteiger partial charge >= 0.3 is 6.18 Å². The van der Waals surface area contributed by atoms with Gasteiger partial charge in [0.2, 0.25) is 0 Å². The van der Waals surface area contributed by atoms with E-state index in [1.165, 1.54) is 18.2 Å². The van der Waals surface area contributed by atoms with Crippen LogP contribution in [0.3, 0.4) is 0 Å². The maximum Gasteiger partial charge on any atom is 0.416 e. The van der Waals surface area contributed by atoms with Gasteiger partial charge in [0.25, 0.3) is 11.1 Å². The van der Waals surface area contributed by atoms with Crippen LogP contribution in [0.25, 0.3) is 6.08 Å². The zero-order valence-electron chi connectivity index (χ0n) is 14.8. The van der Waals surface area contributed by atoms with Gasteiger partial charge in [0.05, 0.1) is 17.0 Å². The molecule has 0 atom stereocenters. The molecule has 1 saturated heterocycles. The molecule has 0 unspecified atom stereocenters. The van der Waals surface area contributed by atoms with Crippen molar-refractivity contribution in [2.24, 2.45) is 0 Å². The summed E-state index contributed by atoms with van der Waals surface area (Å²) < 4.78 is 43.4.